The maximum Gasteiger partial charge on any atom is 0.319 e. The molecule has 1 saturated carbocycles. The average molecular weight is 198 g/mol. The molecule has 1 aliphatic carbocycles. The van der Waals surface area contributed by atoms with E-state index in [-0.39, 0.29) is 5.97 Å². The minimum atomic E-state index is -0.840. The van der Waals surface area contributed by atoms with Gasteiger partial charge in [0, 0.05) is 0 Å². The van der Waals surface area contributed by atoms with Crippen LogP contribution in [0.5, 0.6) is 0 Å². The molecule has 14 heavy (non-hydrogen) atoms. The fourth-order valence-electron chi connectivity index (χ4n) is 1.76. The molecule has 80 valence electrons. The normalized spacial score (nSPS) is 20.5. The molecule has 0 amide bonds. The molecule has 3 heteroatoms. The lowest BCUT2D eigenvalue weighted by atomic mass is 9.88. The van der Waals surface area contributed by atoms with Crippen LogP contribution in [0.1, 0.15) is 46.5 Å². The molecule has 1 rings (SSSR count). The lowest BCUT2D eigenvalue weighted by Gasteiger charge is -2.26. The van der Waals surface area contributed by atoms with E-state index >= 15 is 0 Å². The van der Waals surface area contributed by atoms with Crippen LogP contribution in [-0.2, 0) is 14.3 Å². The van der Waals surface area contributed by atoms with Gasteiger partial charge in [-0.25, -0.2) is 0 Å². The standard InChI is InChI=1S/C11H18O3/c1-10(2,3)14-9(13)11(8-12)6-4-5-7-11/h8H,4-7H2,1-3H3. The molecule has 0 aromatic rings. The molecule has 0 heterocycles. The van der Waals surface area contributed by atoms with Crippen LogP contribution in [0, 0.1) is 5.41 Å². The molecule has 1 aliphatic rings. The van der Waals surface area contributed by atoms with Crippen molar-refractivity contribution in [1.29, 1.82) is 0 Å². The van der Waals surface area contributed by atoms with Crippen molar-refractivity contribution < 1.29 is 14.3 Å². The Bertz CT molecular complexity index is 231. The summed E-state index contributed by atoms with van der Waals surface area (Å²) in [5.74, 6) is -0.350. The molecule has 0 bridgehead atoms. The zero-order chi connectivity index (χ0) is 10.8. The summed E-state index contributed by atoms with van der Waals surface area (Å²) < 4.78 is 5.25. The van der Waals surface area contributed by atoms with Crippen LogP contribution in [0.4, 0.5) is 0 Å². The Balaban J connectivity index is 2.71. The third kappa shape index (κ3) is 2.34. The Hall–Kier alpha value is -0.860. The fourth-order valence-corrected chi connectivity index (χ4v) is 1.76. The molecular formula is C11H18O3. The van der Waals surface area contributed by atoms with Crippen LogP contribution < -0.4 is 0 Å². The molecule has 0 spiro atoms. The number of carbonyl (C=O) groups is 2. The number of carbonyl (C=O) groups excluding carboxylic acids is 2. The summed E-state index contributed by atoms with van der Waals surface area (Å²) in [5, 5.41) is 0. The Labute approximate surface area is 84.8 Å². The second-order valence-corrected chi connectivity index (χ2v) is 4.98. The van der Waals surface area contributed by atoms with Crippen molar-refractivity contribution in [1.82, 2.24) is 0 Å². The first-order valence-electron chi connectivity index (χ1n) is 5.09. The molecule has 0 aromatic carbocycles. The summed E-state index contributed by atoms with van der Waals surface area (Å²) in [6.07, 6.45) is 3.95. The quantitative estimate of drug-likeness (QED) is 0.387. The number of rotatable bonds is 2. The van der Waals surface area contributed by atoms with Gasteiger partial charge >= 0.3 is 5.97 Å². The number of hydrogen-bond donors (Lipinski definition) is 0. The Morgan fingerprint density at radius 2 is 1.79 bits per heavy atom. The van der Waals surface area contributed by atoms with E-state index < -0.39 is 11.0 Å². The average Bonchev–Trinajstić information content (AvgIpc) is 2.49. The van der Waals surface area contributed by atoms with Gasteiger partial charge in [0.25, 0.3) is 0 Å². The van der Waals surface area contributed by atoms with Gasteiger partial charge in [0.1, 0.15) is 17.3 Å². The van der Waals surface area contributed by atoms with E-state index in [2.05, 4.69) is 0 Å². The first-order valence-corrected chi connectivity index (χ1v) is 5.09. The van der Waals surface area contributed by atoms with Crippen molar-refractivity contribution in [2.75, 3.05) is 0 Å². The fraction of sp³-hybridized carbons (Fsp3) is 0.818. The monoisotopic (exact) mass is 198 g/mol. The number of esters is 1. The molecule has 0 aliphatic heterocycles. The highest BCUT2D eigenvalue weighted by Gasteiger charge is 2.43. The Kier molecular flexibility index (Phi) is 2.98. The van der Waals surface area contributed by atoms with Crippen LogP contribution in [0.2, 0.25) is 0 Å². The molecule has 0 N–H and O–H groups in total. The topological polar surface area (TPSA) is 43.4 Å². The summed E-state index contributed by atoms with van der Waals surface area (Å²) in [7, 11) is 0. The summed E-state index contributed by atoms with van der Waals surface area (Å²) in [4.78, 5) is 22.7. The molecule has 1 fully saturated rings. The predicted molar refractivity (Wildman–Crippen MR) is 52.8 cm³/mol. The third-order valence-corrected chi connectivity index (χ3v) is 2.53. The van der Waals surface area contributed by atoms with Crippen molar-refractivity contribution in [3.63, 3.8) is 0 Å². The van der Waals surface area contributed by atoms with Gasteiger partial charge < -0.3 is 9.53 Å². The molecule has 3 nitrogen and oxygen atoms in total. The highest BCUT2D eigenvalue weighted by atomic mass is 16.6. The van der Waals surface area contributed by atoms with Gasteiger partial charge in [-0.1, -0.05) is 12.8 Å². The van der Waals surface area contributed by atoms with E-state index in [1.807, 2.05) is 20.8 Å². The minimum absolute atomic E-state index is 0.350. The first-order chi connectivity index (χ1) is 6.40. The minimum Gasteiger partial charge on any atom is -0.459 e. The van der Waals surface area contributed by atoms with Crippen LogP contribution in [0.3, 0.4) is 0 Å². The number of hydrogen-bond acceptors (Lipinski definition) is 3. The maximum atomic E-state index is 11.8. The van der Waals surface area contributed by atoms with Crippen molar-refractivity contribution in [3.05, 3.63) is 0 Å². The predicted octanol–water partition coefficient (Wildman–Crippen LogP) is 2.09. The van der Waals surface area contributed by atoms with Crippen molar-refractivity contribution in [2.45, 2.75) is 52.1 Å². The van der Waals surface area contributed by atoms with Gasteiger partial charge in [0.15, 0.2) is 0 Å². The van der Waals surface area contributed by atoms with Gasteiger partial charge in [0.05, 0.1) is 0 Å². The second kappa shape index (κ2) is 3.71. The van der Waals surface area contributed by atoms with Gasteiger partial charge in [-0.05, 0) is 33.6 Å². The van der Waals surface area contributed by atoms with E-state index in [1.54, 1.807) is 0 Å². The van der Waals surface area contributed by atoms with Crippen LogP contribution in [-0.4, -0.2) is 17.9 Å². The number of ether oxygens (including phenoxy) is 1. The van der Waals surface area contributed by atoms with Crippen LogP contribution >= 0.6 is 0 Å². The maximum absolute atomic E-state index is 11.8. The summed E-state index contributed by atoms with van der Waals surface area (Å²) in [6, 6.07) is 0. The zero-order valence-electron chi connectivity index (χ0n) is 9.13. The van der Waals surface area contributed by atoms with Gasteiger partial charge in [-0.2, -0.15) is 0 Å². The Morgan fingerprint density at radius 3 is 2.14 bits per heavy atom. The molecule has 0 unspecified atom stereocenters. The smallest absolute Gasteiger partial charge is 0.319 e. The van der Waals surface area contributed by atoms with E-state index in [0.29, 0.717) is 12.8 Å². The SMILES string of the molecule is CC(C)(C)OC(=O)C1(C=O)CCCC1. The highest BCUT2D eigenvalue weighted by Crippen LogP contribution is 2.38. The van der Waals surface area contributed by atoms with Crippen molar-refractivity contribution in [3.8, 4) is 0 Å². The molecular weight excluding hydrogens is 180 g/mol. The van der Waals surface area contributed by atoms with E-state index in [9.17, 15) is 9.59 Å². The zero-order valence-corrected chi connectivity index (χ0v) is 9.13. The van der Waals surface area contributed by atoms with Crippen molar-refractivity contribution >= 4 is 12.3 Å². The van der Waals surface area contributed by atoms with E-state index in [0.717, 1.165) is 19.1 Å². The molecule has 0 atom stereocenters. The molecule has 0 saturated heterocycles. The van der Waals surface area contributed by atoms with Crippen LogP contribution in [0.15, 0.2) is 0 Å². The second-order valence-electron chi connectivity index (χ2n) is 4.98. The summed E-state index contributed by atoms with van der Waals surface area (Å²) >= 11 is 0. The highest BCUT2D eigenvalue weighted by molar-refractivity contribution is 5.93. The third-order valence-electron chi connectivity index (χ3n) is 2.53. The lowest BCUT2D eigenvalue weighted by Crippen LogP contribution is -2.37. The van der Waals surface area contributed by atoms with Gasteiger partial charge in [-0.3, -0.25) is 4.79 Å². The number of aldehydes is 1. The van der Waals surface area contributed by atoms with E-state index in [4.69, 9.17) is 4.74 Å². The van der Waals surface area contributed by atoms with Crippen LogP contribution in [0.25, 0.3) is 0 Å². The van der Waals surface area contributed by atoms with Gasteiger partial charge in [-0.15, -0.1) is 0 Å². The Morgan fingerprint density at radius 1 is 1.29 bits per heavy atom. The van der Waals surface area contributed by atoms with Crippen molar-refractivity contribution in [2.24, 2.45) is 5.41 Å². The van der Waals surface area contributed by atoms with E-state index in [1.165, 1.54) is 0 Å². The largest absolute Gasteiger partial charge is 0.459 e. The summed E-state index contributed by atoms with van der Waals surface area (Å²) in [5.41, 5.74) is -1.34. The molecule has 0 radical (unpaired) electrons. The summed E-state index contributed by atoms with van der Waals surface area (Å²) in [6.45, 7) is 5.45. The van der Waals surface area contributed by atoms with Gasteiger partial charge in [0.2, 0.25) is 0 Å². The lowest BCUT2D eigenvalue weighted by molar-refractivity contribution is -0.167. The molecule has 0 aromatic heterocycles. The first kappa shape index (κ1) is 11.2.